The topological polar surface area (TPSA) is 84.5 Å². The zero-order valence-electron chi connectivity index (χ0n) is 14.2. The third-order valence-corrected chi connectivity index (χ3v) is 4.37. The lowest BCUT2D eigenvalue weighted by molar-refractivity contribution is 0.445. The number of nitrogens with zero attached hydrogens (tertiary/aromatic N) is 2. The average molecular weight is 332 g/mol. The molecular formula is C18H24N2O4. The first-order valence-electron chi connectivity index (χ1n) is 8.20. The molecule has 0 atom stereocenters. The van der Waals surface area contributed by atoms with Crippen LogP contribution in [0.25, 0.3) is 0 Å². The van der Waals surface area contributed by atoms with Crippen molar-refractivity contribution in [3.05, 3.63) is 56.4 Å². The first kappa shape index (κ1) is 17.8. The Morgan fingerprint density at radius 2 is 1.12 bits per heavy atom. The summed E-state index contributed by atoms with van der Waals surface area (Å²) in [4.78, 5) is 22.6. The number of rotatable bonds is 7. The predicted octanol–water partition coefficient (Wildman–Crippen LogP) is 2.30. The van der Waals surface area contributed by atoms with Gasteiger partial charge in [-0.15, -0.1) is 0 Å². The molecule has 6 nitrogen and oxygen atoms in total. The maximum absolute atomic E-state index is 11.3. The summed E-state index contributed by atoms with van der Waals surface area (Å²) in [7, 11) is 0. The third-order valence-electron chi connectivity index (χ3n) is 4.37. The minimum Gasteiger partial charge on any atom is -0.503 e. The highest BCUT2D eigenvalue weighted by atomic mass is 16.3. The van der Waals surface area contributed by atoms with E-state index in [1.54, 1.807) is 26.2 Å². The second-order valence-electron chi connectivity index (χ2n) is 6.03. The number of aryl methyl sites for hydroxylation is 2. The molecule has 0 bridgehead atoms. The highest BCUT2D eigenvalue weighted by Crippen LogP contribution is 2.13. The summed E-state index contributed by atoms with van der Waals surface area (Å²) >= 11 is 0. The van der Waals surface area contributed by atoms with Gasteiger partial charge in [0, 0.05) is 37.6 Å². The summed E-state index contributed by atoms with van der Waals surface area (Å²) in [6.07, 6.45) is 7.39. The molecule has 0 amide bonds. The van der Waals surface area contributed by atoms with Gasteiger partial charge in [0.2, 0.25) is 10.9 Å². The van der Waals surface area contributed by atoms with Crippen LogP contribution in [0.5, 0.6) is 11.5 Å². The zero-order chi connectivity index (χ0) is 17.7. The molecule has 6 heteroatoms. The maximum atomic E-state index is 11.3. The molecule has 2 aromatic heterocycles. The predicted molar refractivity (Wildman–Crippen MR) is 92.7 cm³/mol. The number of hydrogen-bond donors (Lipinski definition) is 2. The highest BCUT2D eigenvalue weighted by molar-refractivity contribution is 5.25. The molecule has 24 heavy (non-hydrogen) atoms. The van der Waals surface area contributed by atoms with Crippen molar-refractivity contribution in [2.75, 3.05) is 0 Å². The Labute approximate surface area is 140 Å². The van der Waals surface area contributed by atoms with Gasteiger partial charge in [-0.05, 0) is 26.7 Å². The summed E-state index contributed by atoms with van der Waals surface area (Å²) < 4.78 is 3.78. The standard InChI is InChI=1S/C18H24N2O4/c1-13-17(23)15(21)7-11-19(13)9-5-3-4-6-10-20-12-8-16(22)18(24)14(20)2/h7-8,11-12,23-24H,3-6,9-10H2,1-2H3. The van der Waals surface area contributed by atoms with Gasteiger partial charge in [-0.3, -0.25) is 9.59 Å². The van der Waals surface area contributed by atoms with Crippen molar-refractivity contribution in [3.8, 4) is 11.5 Å². The molecule has 2 rings (SSSR count). The molecule has 0 spiro atoms. The van der Waals surface area contributed by atoms with Crippen molar-refractivity contribution >= 4 is 0 Å². The summed E-state index contributed by atoms with van der Waals surface area (Å²) in [5.74, 6) is -0.350. The summed E-state index contributed by atoms with van der Waals surface area (Å²) in [5, 5.41) is 19.3. The van der Waals surface area contributed by atoms with E-state index in [0.717, 1.165) is 38.8 Å². The van der Waals surface area contributed by atoms with Crippen LogP contribution < -0.4 is 10.9 Å². The van der Waals surface area contributed by atoms with Crippen LogP contribution in [0.2, 0.25) is 0 Å². The summed E-state index contributed by atoms with van der Waals surface area (Å²) in [6.45, 7) is 5.00. The van der Waals surface area contributed by atoms with Crippen molar-refractivity contribution in [1.29, 1.82) is 0 Å². The van der Waals surface area contributed by atoms with E-state index in [1.807, 2.05) is 9.13 Å². The molecule has 0 aliphatic heterocycles. The Kier molecular flexibility index (Phi) is 5.84. The molecule has 0 aromatic carbocycles. The molecule has 2 aromatic rings. The zero-order valence-corrected chi connectivity index (χ0v) is 14.2. The molecule has 2 heterocycles. The maximum Gasteiger partial charge on any atom is 0.223 e. The summed E-state index contributed by atoms with van der Waals surface area (Å²) in [5.41, 5.74) is 0.510. The van der Waals surface area contributed by atoms with Gasteiger partial charge in [-0.25, -0.2) is 0 Å². The van der Waals surface area contributed by atoms with Crippen LogP contribution in [0.1, 0.15) is 37.1 Å². The largest absolute Gasteiger partial charge is 0.503 e. The van der Waals surface area contributed by atoms with E-state index < -0.39 is 0 Å². The average Bonchev–Trinajstić information content (AvgIpc) is 2.57. The second-order valence-corrected chi connectivity index (χ2v) is 6.03. The van der Waals surface area contributed by atoms with E-state index in [-0.39, 0.29) is 22.4 Å². The molecule has 2 N–H and O–H groups in total. The number of pyridine rings is 2. The SMILES string of the molecule is Cc1c(O)c(=O)ccn1CCCCCCn1ccc(=O)c(O)c1C. The monoisotopic (exact) mass is 332 g/mol. The Morgan fingerprint density at radius 1 is 0.750 bits per heavy atom. The number of aromatic nitrogens is 2. The van der Waals surface area contributed by atoms with E-state index in [1.165, 1.54) is 12.1 Å². The minimum absolute atomic E-state index is 0.175. The Morgan fingerprint density at radius 3 is 1.50 bits per heavy atom. The summed E-state index contributed by atoms with van der Waals surface area (Å²) in [6, 6.07) is 2.77. The van der Waals surface area contributed by atoms with Gasteiger partial charge in [0.1, 0.15) is 0 Å². The van der Waals surface area contributed by atoms with E-state index in [2.05, 4.69) is 0 Å². The van der Waals surface area contributed by atoms with Crippen LogP contribution in [-0.4, -0.2) is 19.3 Å². The fraction of sp³-hybridized carbons (Fsp3) is 0.444. The van der Waals surface area contributed by atoms with Crippen molar-refractivity contribution in [3.63, 3.8) is 0 Å². The number of hydrogen-bond acceptors (Lipinski definition) is 4. The molecule has 0 aliphatic carbocycles. The fourth-order valence-corrected chi connectivity index (χ4v) is 2.73. The van der Waals surface area contributed by atoms with E-state index >= 15 is 0 Å². The van der Waals surface area contributed by atoms with Crippen molar-refractivity contribution in [2.45, 2.75) is 52.6 Å². The molecule has 0 unspecified atom stereocenters. The number of aromatic hydroxyl groups is 2. The van der Waals surface area contributed by atoms with Crippen LogP contribution in [0.4, 0.5) is 0 Å². The van der Waals surface area contributed by atoms with Gasteiger partial charge < -0.3 is 19.3 Å². The van der Waals surface area contributed by atoms with E-state index in [0.29, 0.717) is 11.4 Å². The molecule has 0 aliphatic rings. The normalized spacial score (nSPS) is 10.9. The van der Waals surface area contributed by atoms with Crippen LogP contribution in [0.15, 0.2) is 34.1 Å². The lowest BCUT2D eigenvalue weighted by Gasteiger charge is -2.12. The van der Waals surface area contributed by atoms with E-state index in [9.17, 15) is 19.8 Å². The second kappa shape index (κ2) is 7.86. The third kappa shape index (κ3) is 4.07. The first-order valence-corrected chi connectivity index (χ1v) is 8.20. The van der Waals surface area contributed by atoms with Crippen LogP contribution in [0.3, 0.4) is 0 Å². The molecular weight excluding hydrogens is 308 g/mol. The Balaban J connectivity index is 1.76. The molecule has 130 valence electrons. The smallest absolute Gasteiger partial charge is 0.223 e. The van der Waals surface area contributed by atoms with Crippen molar-refractivity contribution in [1.82, 2.24) is 9.13 Å². The van der Waals surface area contributed by atoms with Gasteiger partial charge in [0.25, 0.3) is 0 Å². The van der Waals surface area contributed by atoms with E-state index in [4.69, 9.17) is 0 Å². The van der Waals surface area contributed by atoms with Crippen LogP contribution >= 0.6 is 0 Å². The van der Waals surface area contributed by atoms with Crippen molar-refractivity contribution in [2.24, 2.45) is 0 Å². The number of unbranched alkanes of at least 4 members (excludes halogenated alkanes) is 3. The fourth-order valence-electron chi connectivity index (χ4n) is 2.73. The van der Waals surface area contributed by atoms with Gasteiger partial charge in [-0.2, -0.15) is 0 Å². The lowest BCUT2D eigenvalue weighted by Crippen LogP contribution is -2.11. The minimum atomic E-state index is -0.344. The Bertz CT molecular complexity index is 751. The highest BCUT2D eigenvalue weighted by Gasteiger charge is 2.06. The molecule has 0 fully saturated rings. The first-order chi connectivity index (χ1) is 11.4. The van der Waals surface area contributed by atoms with Crippen LogP contribution in [0, 0.1) is 13.8 Å². The molecule has 0 saturated carbocycles. The van der Waals surface area contributed by atoms with Gasteiger partial charge in [-0.1, -0.05) is 12.8 Å². The van der Waals surface area contributed by atoms with Crippen LogP contribution in [-0.2, 0) is 13.1 Å². The van der Waals surface area contributed by atoms with Gasteiger partial charge in [0.05, 0.1) is 11.4 Å². The Hall–Kier alpha value is -2.50. The lowest BCUT2D eigenvalue weighted by atomic mass is 10.2. The quantitative estimate of drug-likeness (QED) is 0.762. The van der Waals surface area contributed by atoms with Gasteiger partial charge >= 0.3 is 0 Å². The van der Waals surface area contributed by atoms with Gasteiger partial charge in [0.15, 0.2) is 11.5 Å². The van der Waals surface area contributed by atoms with Crippen molar-refractivity contribution < 1.29 is 10.2 Å². The molecule has 0 radical (unpaired) electrons. The molecule has 0 saturated heterocycles.